The predicted octanol–water partition coefficient (Wildman–Crippen LogP) is 2.56. The minimum Gasteiger partial charge on any atom is -0.345 e. The molecule has 0 N–H and O–H groups in total. The molecule has 18 heavy (non-hydrogen) atoms. The third-order valence-corrected chi connectivity index (χ3v) is 4.24. The van der Waals surface area contributed by atoms with Gasteiger partial charge in [-0.1, -0.05) is 12.1 Å². The lowest BCUT2D eigenvalue weighted by Gasteiger charge is -2.09. The summed E-state index contributed by atoms with van der Waals surface area (Å²) in [5, 5.41) is 0. The van der Waals surface area contributed by atoms with E-state index < -0.39 is 9.84 Å². The van der Waals surface area contributed by atoms with E-state index in [1.54, 1.807) is 12.1 Å². The molecule has 0 atom stereocenters. The molecule has 0 amide bonds. The maximum Gasteiger partial charge on any atom is 0.175 e. The Morgan fingerprint density at radius 1 is 0.944 bits per heavy atom. The largest absolute Gasteiger partial charge is 0.345 e. The highest BCUT2D eigenvalue weighted by Crippen LogP contribution is 2.14. The van der Waals surface area contributed by atoms with Crippen LogP contribution in [0.2, 0.25) is 0 Å². The Labute approximate surface area is 108 Å². The maximum atomic E-state index is 11.4. The summed E-state index contributed by atoms with van der Waals surface area (Å²) in [4.78, 5) is 0.368. The molecule has 0 spiro atoms. The molecule has 2 aromatic rings. The van der Waals surface area contributed by atoms with Gasteiger partial charge in [0.25, 0.3) is 0 Å². The Kier molecular flexibility index (Phi) is 3.30. The summed E-state index contributed by atoms with van der Waals surface area (Å²) in [6.45, 7) is 4.91. The molecule has 4 heteroatoms. The van der Waals surface area contributed by atoms with E-state index in [4.69, 9.17) is 0 Å². The Morgan fingerprint density at radius 2 is 1.44 bits per heavy atom. The molecule has 0 aliphatic heterocycles. The second-order valence-electron chi connectivity index (χ2n) is 4.62. The normalized spacial score (nSPS) is 11.7. The molecule has 0 bridgehead atoms. The van der Waals surface area contributed by atoms with Gasteiger partial charge in [0.05, 0.1) is 4.90 Å². The number of hydrogen-bond acceptors (Lipinski definition) is 2. The van der Waals surface area contributed by atoms with Crippen LogP contribution in [0.4, 0.5) is 0 Å². The van der Waals surface area contributed by atoms with Gasteiger partial charge in [0.15, 0.2) is 9.84 Å². The minimum absolute atomic E-state index is 0.368. The van der Waals surface area contributed by atoms with Crippen LogP contribution in [-0.2, 0) is 16.4 Å². The van der Waals surface area contributed by atoms with E-state index in [1.807, 2.05) is 12.1 Å². The van der Waals surface area contributed by atoms with Crippen LogP contribution in [0, 0.1) is 13.8 Å². The van der Waals surface area contributed by atoms with Crippen molar-refractivity contribution in [3.05, 3.63) is 53.3 Å². The summed E-state index contributed by atoms with van der Waals surface area (Å²) < 4.78 is 24.9. The highest BCUT2D eigenvalue weighted by molar-refractivity contribution is 7.90. The van der Waals surface area contributed by atoms with Crippen molar-refractivity contribution in [1.29, 1.82) is 0 Å². The quantitative estimate of drug-likeness (QED) is 0.853. The van der Waals surface area contributed by atoms with Crippen LogP contribution in [0.25, 0.3) is 0 Å². The van der Waals surface area contributed by atoms with Gasteiger partial charge in [-0.3, -0.25) is 0 Å². The van der Waals surface area contributed by atoms with E-state index in [0.29, 0.717) is 4.90 Å². The summed E-state index contributed by atoms with van der Waals surface area (Å²) in [5.41, 5.74) is 3.52. The van der Waals surface area contributed by atoms with Gasteiger partial charge in [0.2, 0.25) is 0 Å². The second-order valence-corrected chi connectivity index (χ2v) is 6.63. The van der Waals surface area contributed by atoms with Crippen LogP contribution in [0.3, 0.4) is 0 Å². The monoisotopic (exact) mass is 263 g/mol. The van der Waals surface area contributed by atoms with Crippen LogP contribution in [-0.4, -0.2) is 19.2 Å². The number of aryl methyl sites for hydroxylation is 2. The predicted molar refractivity (Wildman–Crippen MR) is 72.6 cm³/mol. The average molecular weight is 263 g/mol. The number of rotatable bonds is 3. The molecule has 3 nitrogen and oxygen atoms in total. The van der Waals surface area contributed by atoms with Crippen LogP contribution in [0.15, 0.2) is 41.3 Å². The van der Waals surface area contributed by atoms with Crippen molar-refractivity contribution in [3.8, 4) is 0 Å². The first-order valence-corrected chi connectivity index (χ1v) is 7.69. The molecule has 0 saturated heterocycles. The fourth-order valence-corrected chi connectivity index (χ4v) is 2.60. The Hall–Kier alpha value is -1.55. The third-order valence-electron chi connectivity index (χ3n) is 3.11. The van der Waals surface area contributed by atoms with Crippen LogP contribution in [0.1, 0.15) is 17.0 Å². The van der Waals surface area contributed by atoms with Crippen LogP contribution in [0.5, 0.6) is 0 Å². The number of hydrogen-bond donors (Lipinski definition) is 0. The number of benzene rings is 1. The van der Waals surface area contributed by atoms with Gasteiger partial charge < -0.3 is 4.57 Å². The van der Waals surface area contributed by atoms with Gasteiger partial charge in [-0.25, -0.2) is 8.42 Å². The molecule has 0 aliphatic rings. The Balaban J connectivity index is 2.27. The lowest BCUT2D eigenvalue weighted by atomic mass is 10.2. The first-order chi connectivity index (χ1) is 8.38. The van der Waals surface area contributed by atoms with Crippen molar-refractivity contribution in [1.82, 2.24) is 4.57 Å². The molecule has 1 aromatic heterocycles. The van der Waals surface area contributed by atoms with E-state index in [2.05, 4.69) is 30.5 Å². The highest BCUT2D eigenvalue weighted by Gasteiger charge is 2.07. The van der Waals surface area contributed by atoms with Gasteiger partial charge in [0, 0.05) is 24.2 Å². The summed E-state index contributed by atoms with van der Waals surface area (Å²) in [7, 11) is -3.10. The smallest absolute Gasteiger partial charge is 0.175 e. The van der Waals surface area contributed by atoms with Gasteiger partial charge in [0.1, 0.15) is 0 Å². The molecule has 0 fully saturated rings. The first-order valence-electron chi connectivity index (χ1n) is 5.79. The fourth-order valence-electron chi connectivity index (χ4n) is 1.97. The lowest BCUT2D eigenvalue weighted by Crippen LogP contribution is -2.04. The molecule has 0 radical (unpaired) electrons. The van der Waals surface area contributed by atoms with Crippen LogP contribution < -0.4 is 0 Å². The molecular formula is C14H17NO2S. The van der Waals surface area contributed by atoms with Crippen LogP contribution >= 0.6 is 0 Å². The van der Waals surface area contributed by atoms with Crippen molar-refractivity contribution in [2.75, 3.05) is 6.26 Å². The zero-order chi connectivity index (χ0) is 13.3. The summed E-state index contributed by atoms with van der Waals surface area (Å²) in [6.07, 6.45) is 1.22. The first kappa shape index (κ1) is 12.9. The Bertz CT molecular complexity index is 632. The molecule has 96 valence electrons. The van der Waals surface area contributed by atoms with Crippen molar-refractivity contribution in [2.24, 2.45) is 0 Å². The number of aromatic nitrogens is 1. The topological polar surface area (TPSA) is 39.1 Å². The molecule has 0 aliphatic carbocycles. The summed E-state index contributed by atoms with van der Waals surface area (Å²) in [6, 6.07) is 11.2. The van der Waals surface area contributed by atoms with Gasteiger partial charge in [-0.15, -0.1) is 0 Å². The van der Waals surface area contributed by atoms with E-state index in [-0.39, 0.29) is 0 Å². The maximum absolute atomic E-state index is 11.4. The molecule has 1 heterocycles. The second kappa shape index (κ2) is 4.61. The molecule has 0 saturated carbocycles. The van der Waals surface area contributed by atoms with E-state index >= 15 is 0 Å². The minimum atomic E-state index is -3.10. The SMILES string of the molecule is Cc1ccc(C)n1Cc1ccc(S(C)(=O)=O)cc1. The van der Waals surface area contributed by atoms with Crippen molar-refractivity contribution >= 4 is 9.84 Å². The molecule has 1 aromatic carbocycles. The lowest BCUT2D eigenvalue weighted by molar-refractivity contribution is 0.602. The molecular weight excluding hydrogens is 246 g/mol. The standard InChI is InChI=1S/C14H17NO2S/c1-11-4-5-12(2)15(11)10-13-6-8-14(9-7-13)18(3,16)17/h4-9H,10H2,1-3H3. The summed E-state index contributed by atoms with van der Waals surface area (Å²) in [5.74, 6) is 0. The Morgan fingerprint density at radius 3 is 1.89 bits per heavy atom. The zero-order valence-electron chi connectivity index (χ0n) is 10.8. The van der Waals surface area contributed by atoms with Crippen molar-refractivity contribution < 1.29 is 8.42 Å². The van der Waals surface area contributed by atoms with E-state index in [9.17, 15) is 8.42 Å². The average Bonchev–Trinajstić information content (AvgIpc) is 2.60. The number of nitrogens with zero attached hydrogens (tertiary/aromatic N) is 1. The zero-order valence-corrected chi connectivity index (χ0v) is 11.7. The van der Waals surface area contributed by atoms with Crippen molar-refractivity contribution in [3.63, 3.8) is 0 Å². The number of sulfone groups is 1. The molecule has 2 rings (SSSR count). The molecule has 0 unspecified atom stereocenters. The fraction of sp³-hybridized carbons (Fsp3) is 0.286. The van der Waals surface area contributed by atoms with E-state index in [1.165, 1.54) is 17.6 Å². The van der Waals surface area contributed by atoms with Gasteiger partial charge in [-0.05, 0) is 43.7 Å². The van der Waals surface area contributed by atoms with Gasteiger partial charge in [-0.2, -0.15) is 0 Å². The van der Waals surface area contributed by atoms with Gasteiger partial charge >= 0.3 is 0 Å². The third kappa shape index (κ3) is 2.64. The van der Waals surface area contributed by atoms with E-state index in [0.717, 1.165) is 12.1 Å². The highest BCUT2D eigenvalue weighted by atomic mass is 32.2. The van der Waals surface area contributed by atoms with Crippen molar-refractivity contribution in [2.45, 2.75) is 25.3 Å². The summed E-state index contributed by atoms with van der Waals surface area (Å²) >= 11 is 0.